The molecule has 0 aliphatic heterocycles. The van der Waals surface area contributed by atoms with Gasteiger partial charge in [-0.3, -0.25) is 0 Å². The van der Waals surface area contributed by atoms with Crippen LogP contribution in [0.5, 0.6) is 5.75 Å². The van der Waals surface area contributed by atoms with E-state index in [1.807, 2.05) is 0 Å². The molecule has 0 heterocycles. The number of nitrogens with two attached hydrogens (primary N) is 1. The van der Waals surface area contributed by atoms with Gasteiger partial charge in [-0.25, -0.2) is 4.39 Å². The van der Waals surface area contributed by atoms with Gasteiger partial charge in [-0.2, -0.15) is 0 Å². The summed E-state index contributed by atoms with van der Waals surface area (Å²) in [6.07, 6.45) is -0.610. The molecule has 0 aliphatic rings. The zero-order valence-corrected chi connectivity index (χ0v) is 9.21. The molecule has 0 aliphatic carbocycles. The summed E-state index contributed by atoms with van der Waals surface area (Å²) in [5.41, 5.74) is 5.91. The predicted molar refractivity (Wildman–Crippen MR) is 55.7 cm³/mol. The van der Waals surface area contributed by atoms with Crippen LogP contribution in [0.3, 0.4) is 0 Å². The Kier molecular flexibility index (Phi) is 3.71. The van der Waals surface area contributed by atoms with Crippen molar-refractivity contribution in [2.24, 2.45) is 0 Å². The second-order valence-corrected chi connectivity index (χ2v) is 3.82. The molecule has 0 bridgehead atoms. The number of aliphatic hydroxyl groups is 1. The van der Waals surface area contributed by atoms with Gasteiger partial charge in [0.1, 0.15) is 18.2 Å². The zero-order chi connectivity index (χ0) is 10.7. The summed E-state index contributed by atoms with van der Waals surface area (Å²) < 4.78 is 18.4. The van der Waals surface area contributed by atoms with E-state index in [-0.39, 0.29) is 12.4 Å². The minimum absolute atomic E-state index is 0.0886. The van der Waals surface area contributed by atoms with Gasteiger partial charge in [0.2, 0.25) is 0 Å². The molecule has 1 aromatic rings. The summed E-state index contributed by atoms with van der Waals surface area (Å²) in [5.74, 6) is -0.202. The number of hydrogen-bond donors (Lipinski definition) is 2. The molecule has 1 atom stereocenters. The zero-order valence-electron chi connectivity index (χ0n) is 7.63. The van der Waals surface area contributed by atoms with E-state index in [0.717, 1.165) is 0 Å². The van der Waals surface area contributed by atoms with Gasteiger partial charge in [0.25, 0.3) is 0 Å². The topological polar surface area (TPSA) is 55.5 Å². The van der Waals surface area contributed by atoms with Gasteiger partial charge < -0.3 is 15.6 Å². The summed E-state index contributed by atoms with van der Waals surface area (Å²) in [4.78, 5) is 0. The molecule has 1 unspecified atom stereocenters. The minimum Gasteiger partial charge on any atom is -0.489 e. The van der Waals surface area contributed by atoms with Crippen LogP contribution in [0.1, 0.15) is 6.92 Å². The highest BCUT2D eigenvalue weighted by molar-refractivity contribution is 9.10. The van der Waals surface area contributed by atoms with E-state index in [0.29, 0.717) is 10.2 Å². The van der Waals surface area contributed by atoms with E-state index in [1.54, 1.807) is 6.92 Å². The van der Waals surface area contributed by atoms with Crippen LogP contribution in [0, 0.1) is 5.82 Å². The Balaban J connectivity index is 2.82. The Morgan fingerprint density at radius 1 is 1.64 bits per heavy atom. The van der Waals surface area contributed by atoms with Crippen LogP contribution in [0.15, 0.2) is 16.6 Å². The molecule has 0 amide bonds. The molecule has 1 rings (SSSR count). The van der Waals surface area contributed by atoms with Gasteiger partial charge in [0.05, 0.1) is 16.3 Å². The van der Waals surface area contributed by atoms with Gasteiger partial charge >= 0.3 is 0 Å². The number of hydrogen-bond acceptors (Lipinski definition) is 3. The van der Waals surface area contributed by atoms with Crippen LogP contribution < -0.4 is 10.5 Å². The SMILES string of the molecule is CC(O)COc1cc(F)c(Br)cc1N. The van der Waals surface area contributed by atoms with E-state index in [4.69, 9.17) is 15.6 Å². The van der Waals surface area contributed by atoms with Crippen molar-refractivity contribution in [2.45, 2.75) is 13.0 Å². The van der Waals surface area contributed by atoms with Crippen LogP contribution in [0.4, 0.5) is 10.1 Å². The number of nitrogen functional groups attached to an aromatic ring is 1. The molecule has 0 spiro atoms. The molecular formula is C9H11BrFNO2. The highest BCUT2D eigenvalue weighted by Crippen LogP contribution is 2.28. The van der Waals surface area contributed by atoms with Gasteiger partial charge in [-0.1, -0.05) is 0 Å². The quantitative estimate of drug-likeness (QED) is 0.820. The van der Waals surface area contributed by atoms with Gasteiger partial charge in [-0.05, 0) is 28.9 Å². The number of rotatable bonds is 3. The fourth-order valence-corrected chi connectivity index (χ4v) is 1.24. The van der Waals surface area contributed by atoms with E-state index in [9.17, 15) is 4.39 Å². The molecule has 0 aromatic heterocycles. The minimum atomic E-state index is -0.610. The van der Waals surface area contributed by atoms with Gasteiger partial charge in [0.15, 0.2) is 0 Å². The molecule has 0 saturated heterocycles. The molecule has 3 N–H and O–H groups in total. The molecule has 14 heavy (non-hydrogen) atoms. The molecule has 0 radical (unpaired) electrons. The average Bonchev–Trinajstić information content (AvgIpc) is 2.09. The number of halogens is 2. The molecular weight excluding hydrogens is 253 g/mol. The molecule has 0 fully saturated rings. The van der Waals surface area contributed by atoms with Crippen molar-refractivity contribution in [3.63, 3.8) is 0 Å². The van der Waals surface area contributed by atoms with Gasteiger partial charge in [-0.15, -0.1) is 0 Å². The van der Waals surface area contributed by atoms with Crippen LogP contribution in [0.2, 0.25) is 0 Å². The third-order valence-corrected chi connectivity index (χ3v) is 2.14. The van der Waals surface area contributed by atoms with Crippen molar-refractivity contribution in [1.29, 1.82) is 0 Å². The van der Waals surface area contributed by atoms with Crippen molar-refractivity contribution in [3.8, 4) is 5.75 Å². The normalized spacial score (nSPS) is 12.6. The maximum Gasteiger partial charge on any atom is 0.145 e. The lowest BCUT2D eigenvalue weighted by molar-refractivity contribution is 0.123. The Morgan fingerprint density at radius 3 is 2.86 bits per heavy atom. The molecule has 78 valence electrons. The van der Waals surface area contributed by atoms with E-state index < -0.39 is 11.9 Å². The van der Waals surface area contributed by atoms with Crippen LogP contribution in [-0.4, -0.2) is 17.8 Å². The van der Waals surface area contributed by atoms with Crippen molar-refractivity contribution in [1.82, 2.24) is 0 Å². The second-order valence-electron chi connectivity index (χ2n) is 2.96. The first-order valence-corrected chi connectivity index (χ1v) is 4.85. The summed E-state index contributed by atoms with van der Waals surface area (Å²) >= 11 is 3.00. The second kappa shape index (κ2) is 4.61. The highest BCUT2D eigenvalue weighted by atomic mass is 79.9. The molecule has 0 saturated carbocycles. The van der Waals surface area contributed by atoms with Crippen molar-refractivity contribution in [2.75, 3.05) is 12.3 Å². The largest absolute Gasteiger partial charge is 0.489 e. The summed E-state index contributed by atoms with van der Waals surface area (Å²) in [6.45, 7) is 1.66. The summed E-state index contributed by atoms with van der Waals surface area (Å²) in [7, 11) is 0. The van der Waals surface area contributed by atoms with Crippen molar-refractivity contribution >= 4 is 21.6 Å². The van der Waals surface area contributed by atoms with Crippen LogP contribution >= 0.6 is 15.9 Å². The van der Waals surface area contributed by atoms with Gasteiger partial charge in [0, 0.05) is 6.07 Å². The highest BCUT2D eigenvalue weighted by Gasteiger charge is 2.07. The molecule has 1 aromatic carbocycles. The number of aliphatic hydroxyl groups excluding tert-OH is 1. The molecule has 3 nitrogen and oxygen atoms in total. The Hall–Kier alpha value is -0.810. The number of ether oxygens (including phenoxy) is 1. The molecule has 5 heteroatoms. The predicted octanol–water partition coefficient (Wildman–Crippen LogP) is 1.93. The van der Waals surface area contributed by atoms with Crippen molar-refractivity contribution in [3.05, 3.63) is 22.4 Å². The third kappa shape index (κ3) is 2.85. The van der Waals surface area contributed by atoms with E-state index >= 15 is 0 Å². The first-order chi connectivity index (χ1) is 6.50. The lowest BCUT2D eigenvalue weighted by Gasteiger charge is -2.10. The van der Waals surface area contributed by atoms with E-state index in [1.165, 1.54) is 12.1 Å². The maximum atomic E-state index is 13.0. The first kappa shape index (κ1) is 11.3. The summed E-state index contributed by atoms with van der Waals surface area (Å²) in [6, 6.07) is 2.61. The fourth-order valence-electron chi connectivity index (χ4n) is 0.879. The third-order valence-electron chi connectivity index (χ3n) is 1.53. The average molecular weight is 264 g/mol. The van der Waals surface area contributed by atoms with E-state index in [2.05, 4.69) is 15.9 Å². The van der Waals surface area contributed by atoms with Crippen molar-refractivity contribution < 1.29 is 14.2 Å². The lowest BCUT2D eigenvalue weighted by Crippen LogP contribution is -2.13. The summed E-state index contributed by atoms with van der Waals surface area (Å²) in [5, 5.41) is 8.96. The number of benzene rings is 1. The number of anilines is 1. The monoisotopic (exact) mass is 263 g/mol. The van der Waals surface area contributed by atoms with Crippen LogP contribution in [0.25, 0.3) is 0 Å². The first-order valence-electron chi connectivity index (χ1n) is 4.06. The Labute approximate surface area is 89.8 Å². The Morgan fingerprint density at radius 2 is 2.29 bits per heavy atom. The maximum absolute atomic E-state index is 13.0. The smallest absolute Gasteiger partial charge is 0.145 e. The lowest BCUT2D eigenvalue weighted by atomic mass is 10.3. The Bertz CT molecular complexity index is 331. The standard InChI is InChI=1S/C9H11BrFNO2/c1-5(13)4-14-9-3-7(11)6(10)2-8(9)12/h2-3,5,13H,4,12H2,1H3. The van der Waals surface area contributed by atoms with Crippen LogP contribution in [-0.2, 0) is 0 Å². The fraction of sp³-hybridized carbons (Fsp3) is 0.333.